The lowest BCUT2D eigenvalue weighted by molar-refractivity contribution is -0.122. The van der Waals surface area contributed by atoms with Crippen LogP contribution < -0.4 is 0 Å². The average molecular weight is 235 g/mol. The van der Waals surface area contributed by atoms with E-state index in [4.69, 9.17) is 0 Å². The molecule has 0 aromatic carbocycles. The van der Waals surface area contributed by atoms with Gasteiger partial charge in [0.2, 0.25) is 0 Å². The molecule has 2 bridgehead atoms. The Labute approximate surface area is 105 Å². The molecular weight excluding hydrogens is 210 g/mol. The topological polar surface area (TPSA) is 20.3 Å². The molecule has 96 valence electrons. The first-order chi connectivity index (χ1) is 8.05. The van der Waals surface area contributed by atoms with Crippen molar-refractivity contribution in [1.29, 1.82) is 0 Å². The van der Waals surface area contributed by atoms with Crippen molar-refractivity contribution in [3.63, 3.8) is 0 Å². The summed E-state index contributed by atoms with van der Waals surface area (Å²) >= 11 is 0. The Kier molecular flexibility index (Phi) is 2.81. The fraction of sp³-hybridized carbons (Fsp3) is 0.933. The van der Waals surface area contributed by atoms with E-state index in [1.165, 1.54) is 25.8 Å². The summed E-state index contributed by atoms with van der Waals surface area (Å²) < 4.78 is 0. The van der Waals surface area contributed by atoms with Crippen molar-refractivity contribution in [2.24, 2.45) is 23.2 Å². The van der Waals surface area contributed by atoms with E-state index < -0.39 is 0 Å². The molecule has 0 aromatic heterocycles. The molecule has 3 atom stereocenters. The molecule has 3 saturated carbocycles. The summed E-state index contributed by atoms with van der Waals surface area (Å²) in [4.78, 5) is 13.7. The molecule has 0 amide bonds. The van der Waals surface area contributed by atoms with Crippen LogP contribution in [0.1, 0.15) is 46.0 Å². The van der Waals surface area contributed by atoms with Crippen LogP contribution in [-0.4, -0.2) is 30.3 Å². The third-order valence-corrected chi connectivity index (χ3v) is 5.84. The lowest BCUT2D eigenvalue weighted by atomic mass is 9.47. The van der Waals surface area contributed by atoms with Crippen LogP contribution in [0, 0.1) is 23.2 Å². The smallest absolute Gasteiger partial charge is 0.135 e. The van der Waals surface area contributed by atoms with Crippen molar-refractivity contribution >= 4 is 5.78 Å². The van der Waals surface area contributed by atoms with E-state index in [0.29, 0.717) is 11.2 Å². The number of nitrogens with zero attached hydrogens (tertiary/aromatic N) is 1. The Morgan fingerprint density at radius 3 is 2.24 bits per heavy atom. The number of carbonyl (C=O) groups excluding carboxylic acids is 1. The number of fused-ring (bicyclic) bond motifs is 2. The van der Waals surface area contributed by atoms with Crippen LogP contribution in [0.5, 0.6) is 0 Å². The van der Waals surface area contributed by atoms with E-state index >= 15 is 0 Å². The summed E-state index contributed by atoms with van der Waals surface area (Å²) in [5, 5.41) is 0. The van der Waals surface area contributed by atoms with Crippen LogP contribution in [0.2, 0.25) is 0 Å². The molecule has 2 nitrogen and oxygen atoms in total. The summed E-state index contributed by atoms with van der Waals surface area (Å²) in [7, 11) is 0. The molecule has 0 spiro atoms. The number of hydrogen-bond acceptors (Lipinski definition) is 2. The number of ketones is 1. The predicted octanol–water partition coefficient (Wildman–Crippen LogP) is 2.72. The first-order valence-corrected chi connectivity index (χ1v) is 7.30. The second kappa shape index (κ2) is 4.08. The Hall–Kier alpha value is -0.370. The highest BCUT2D eigenvalue weighted by molar-refractivity contribution is 5.79. The Morgan fingerprint density at radius 2 is 1.71 bits per heavy atom. The number of Topliss-reactive ketones (excluding diaryl/α,β-unsaturated/α-hetero) is 1. The van der Waals surface area contributed by atoms with Crippen LogP contribution in [0.4, 0.5) is 0 Å². The van der Waals surface area contributed by atoms with E-state index in [9.17, 15) is 4.79 Å². The van der Waals surface area contributed by atoms with Crippen molar-refractivity contribution < 1.29 is 4.79 Å². The first-order valence-electron chi connectivity index (χ1n) is 7.30. The number of hydrogen-bond donors (Lipinski definition) is 0. The van der Waals surface area contributed by atoms with Gasteiger partial charge in [0.1, 0.15) is 5.78 Å². The normalized spacial score (nSPS) is 41.1. The van der Waals surface area contributed by atoms with Gasteiger partial charge in [-0.3, -0.25) is 4.79 Å². The molecule has 2 heteroatoms. The Morgan fingerprint density at radius 1 is 1.12 bits per heavy atom. The van der Waals surface area contributed by atoms with Crippen molar-refractivity contribution in [2.75, 3.05) is 19.6 Å². The second-order valence-electron chi connectivity index (χ2n) is 7.13. The molecule has 1 heterocycles. The van der Waals surface area contributed by atoms with Crippen molar-refractivity contribution in [1.82, 2.24) is 4.90 Å². The minimum absolute atomic E-state index is 0.467. The molecule has 4 rings (SSSR count). The molecule has 3 aliphatic carbocycles. The maximum absolute atomic E-state index is 11.2. The predicted molar refractivity (Wildman–Crippen MR) is 68.8 cm³/mol. The van der Waals surface area contributed by atoms with Gasteiger partial charge >= 0.3 is 0 Å². The third-order valence-electron chi connectivity index (χ3n) is 5.84. The van der Waals surface area contributed by atoms with E-state index in [2.05, 4.69) is 18.7 Å². The quantitative estimate of drug-likeness (QED) is 0.733. The molecular formula is C15H25NO. The number of likely N-dealkylation sites (tertiary alicyclic amines) is 1. The van der Waals surface area contributed by atoms with Crippen LogP contribution in [0.25, 0.3) is 0 Å². The van der Waals surface area contributed by atoms with Gasteiger partial charge in [0, 0.05) is 32.5 Å². The molecule has 1 saturated heterocycles. The lowest BCUT2D eigenvalue weighted by Gasteiger charge is -2.59. The van der Waals surface area contributed by atoms with Crippen LogP contribution in [0.3, 0.4) is 0 Å². The van der Waals surface area contributed by atoms with Gasteiger partial charge in [0.25, 0.3) is 0 Å². The first kappa shape index (κ1) is 11.7. The van der Waals surface area contributed by atoms with Gasteiger partial charge in [-0.1, -0.05) is 13.8 Å². The number of carbonyl (C=O) groups is 1. The summed E-state index contributed by atoms with van der Waals surface area (Å²) in [6.45, 7) is 8.22. The number of piperidine rings is 1. The largest absolute Gasteiger partial charge is 0.302 e. The zero-order valence-corrected chi connectivity index (χ0v) is 11.2. The highest BCUT2D eigenvalue weighted by Crippen LogP contribution is 2.60. The van der Waals surface area contributed by atoms with E-state index in [-0.39, 0.29) is 0 Å². The Balaban J connectivity index is 1.50. The molecule has 0 N–H and O–H groups in total. The fourth-order valence-corrected chi connectivity index (χ4v) is 4.32. The van der Waals surface area contributed by atoms with Gasteiger partial charge in [-0.15, -0.1) is 0 Å². The van der Waals surface area contributed by atoms with Gasteiger partial charge in [-0.2, -0.15) is 0 Å². The van der Waals surface area contributed by atoms with Crippen LogP contribution in [-0.2, 0) is 4.79 Å². The standard InChI is InChI=1S/C15H25NO/c1-15(2)12-7-11(8-13(15)9-12)10-16-5-3-14(17)4-6-16/h11-13H,3-10H2,1-2H3/t11-,12-,13+. The molecule has 0 unspecified atom stereocenters. The highest BCUT2D eigenvalue weighted by Gasteiger charge is 2.52. The van der Waals surface area contributed by atoms with Crippen molar-refractivity contribution in [2.45, 2.75) is 46.0 Å². The summed E-state index contributed by atoms with van der Waals surface area (Å²) in [5.74, 6) is 3.35. The van der Waals surface area contributed by atoms with Crippen LogP contribution >= 0.6 is 0 Å². The number of rotatable bonds is 2. The molecule has 0 radical (unpaired) electrons. The van der Waals surface area contributed by atoms with E-state index in [0.717, 1.165) is 43.7 Å². The minimum atomic E-state index is 0.467. The lowest BCUT2D eigenvalue weighted by Crippen LogP contribution is -2.52. The fourth-order valence-electron chi connectivity index (χ4n) is 4.32. The second-order valence-corrected chi connectivity index (χ2v) is 7.13. The maximum atomic E-state index is 11.2. The minimum Gasteiger partial charge on any atom is -0.302 e. The monoisotopic (exact) mass is 235 g/mol. The van der Waals surface area contributed by atoms with Crippen LogP contribution in [0.15, 0.2) is 0 Å². The molecule has 0 aromatic rings. The van der Waals surface area contributed by atoms with Crippen molar-refractivity contribution in [3.05, 3.63) is 0 Å². The zero-order valence-electron chi connectivity index (χ0n) is 11.2. The average Bonchev–Trinajstić information content (AvgIpc) is 2.32. The van der Waals surface area contributed by atoms with E-state index in [1.54, 1.807) is 0 Å². The molecule has 4 aliphatic rings. The highest BCUT2D eigenvalue weighted by atomic mass is 16.1. The van der Waals surface area contributed by atoms with Gasteiger partial charge in [0.05, 0.1) is 0 Å². The summed E-state index contributed by atoms with van der Waals surface area (Å²) in [6.07, 6.45) is 5.96. The SMILES string of the molecule is CC1(C)[C@@H]2C[C@@H](CN3CCC(=O)CC3)C[C@H]1C2. The third kappa shape index (κ3) is 2.05. The van der Waals surface area contributed by atoms with Gasteiger partial charge in [-0.25, -0.2) is 0 Å². The van der Waals surface area contributed by atoms with Gasteiger partial charge in [0.15, 0.2) is 0 Å². The summed E-state index contributed by atoms with van der Waals surface area (Å²) in [6, 6.07) is 0. The van der Waals surface area contributed by atoms with E-state index in [1.807, 2.05) is 0 Å². The molecule has 1 aliphatic heterocycles. The zero-order chi connectivity index (χ0) is 12.0. The molecule has 17 heavy (non-hydrogen) atoms. The van der Waals surface area contributed by atoms with Gasteiger partial charge < -0.3 is 4.90 Å². The summed E-state index contributed by atoms with van der Waals surface area (Å²) in [5.41, 5.74) is 0.633. The maximum Gasteiger partial charge on any atom is 0.135 e. The Bertz CT molecular complexity index is 299. The molecule has 4 fully saturated rings. The van der Waals surface area contributed by atoms with Gasteiger partial charge in [-0.05, 0) is 42.4 Å². The van der Waals surface area contributed by atoms with Crippen molar-refractivity contribution in [3.8, 4) is 0 Å².